The van der Waals surface area contributed by atoms with Crippen LogP contribution >= 0.6 is 0 Å². The number of rotatable bonds is 3. The van der Waals surface area contributed by atoms with Gasteiger partial charge in [-0.2, -0.15) is 5.10 Å². The van der Waals surface area contributed by atoms with Gasteiger partial charge in [-0.25, -0.2) is 0 Å². The number of hydrogen-bond donors (Lipinski definition) is 1. The van der Waals surface area contributed by atoms with Gasteiger partial charge >= 0.3 is 0 Å². The summed E-state index contributed by atoms with van der Waals surface area (Å²) in [5, 5.41) is 4.44. The van der Waals surface area contributed by atoms with E-state index >= 15 is 0 Å². The Morgan fingerprint density at radius 1 is 1.33 bits per heavy atom. The molecule has 1 saturated heterocycles. The number of nitrogens with zero attached hydrogens (tertiary/aromatic N) is 2. The molecule has 3 rings (SSSR count). The van der Waals surface area contributed by atoms with Crippen LogP contribution in [0.2, 0.25) is 0 Å². The molecule has 0 aromatic carbocycles. The van der Waals surface area contributed by atoms with E-state index < -0.39 is 0 Å². The van der Waals surface area contributed by atoms with E-state index in [1.807, 2.05) is 16.9 Å². The molecule has 2 N–H and O–H groups in total. The second-order valence-corrected chi connectivity index (χ2v) is 5.76. The molecule has 1 aromatic rings. The zero-order valence-corrected chi connectivity index (χ0v) is 11.0. The summed E-state index contributed by atoms with van der Waals surface area (Å²) in [7, 11) is 0. The summed E-state index contributed by atoms with van der Waals surface area (Å²) >= 11 is 0. The molecule has 2 heterocycles. The average molecular weight is 249 g/mol. The summed E-state index contributed by atoms with van der Waals surface area (Å²) in [5.41, 5.74) is 6.75. The van der Waals surface area contributed by atoms with Crippen LogP contribution in [0.3, 0.4) is 0 Å². The maximum absolute atomic E-state index is 6.34. The van der Waals surface area contributed by atoms with Crippen molar-refractivity contribution in [1.82, 2.24) is 9.78 Å². The highest BCUT2D eigenvalue weighted by atomic mass is 16.5. The Bertz CT molecular complexity index is 395. The third-order valence-corrected chi connectivity index (χ3v) is 4.40. The monoisotopic (exact) mass is 249 g/mol. The van der Waals surface area contributed by atoms with Crippen LogP contribution in [0, 0.1) is 0 Å². The first-order valence-corrected chi connectivity index (χ1v) is 7.20. The third kappa shape index (κ3) is 2.45. The average Bonchev–Trinajstić information content (AvgIpc) is 2.99. The second-order valence-electron chi connectivity index (χ2n) is 5.76. The van der Waals surface area contributed by atoms with E-state index in [0.29, 0.717) is 12.6 Å². The van der Waals surface area contributed by atoms with Crippen molar-refractivity contribution in [2.45, 2.75) is 69.7 Å². The van der Waals surface area contributed by atoms with Crippen LogP contribution in [0.4, 0.5) is 0 Å². The third-order valence-electron chi connectivity index (χ3n) is 4.40. The first kappa shape index (κ1) is 12.2. The Morgan fingerprint density at radius 2 is 2.17 bits per heavy atom. The second kappa shape index (κ2) is 5.02. The maximum Gasteiger partial charge on any atom is 0.0779 e. The Balaban J connectivity index is 1.58. The molecule has 4 heteroatoms. The Labute approximate surface area is 108 Å². The van der Waals surface area contributed by atoms with Crippen LogP contribution in [0.1, 0.15) is 50.6 Å². The number of ether oxygens (including phenoxy) is 1. The standard InChI is InChI=1S/C14H23N3O/c15-10-12-5-9-17(16-12)11-13-4-8-14(18-13)6-2-1-3-7-14/h5,9,13H,1-4,6-8,10-11,15H2. The van der Waals surface area contributed by atoms with Gasteiger partial charge in [-0.3, -0.25) is 4.68 Å². The van der Waals surface area contributed by atoms with Gasteiger partial charge in [0.25, 0.3) is 0 Å². The lowest BCUT2D eigenvalue weighted by molar-refractivity contribution is -0.0688. The van der Waals surface area contributed by atoms with Crippen LogP contribution in [0.25, 0.3) is 0 Å². The van der Waals surface area contributed by atoms with Crippen LogP contribution in [-0.4, -0.2) is 21.5 Å². The topological polar surface area (TPSA) is 53.1 Å². The molecule has 1 spiro atoms. The summed E-state index contributed by atoms with van der Waals surface area (Å²) in [6.45, 7) is 1.39. The first-order chi connectivity index (χ1) is 8.80. The lowest BCUT2D eigenvalue weighted by Crippen LogP contribution is -2.32. The molecule has 1 aromatic heterocycles. The minimum atomic E-state index is 0.215. The van der Waals surface area contributed by atoms with Crippen LogP contribution < -0.4 is 5.73 Å². The van der Waals surface area contributed by atoms with Gasteiger partial charge in [0.05, 0.1) is 23.9 Å². The van der Waals surface area contributed by atoms with E-state index in [1.54, 1.807) is 0 Å². The molecule has 2 fully saturated rings. The summed E-state index contributed by atoms with van der Waals surface area (Å²) in [6.07, 6.45) is 11.4. The largest absolute Gasteiger partial charge is 0.370 e. The molecule has 0 bridgehead atoms. The van der Waals surface area contributed by atoms with Crippen molar-refractivity contribution < 1.29 is 4.74 Å². The molecule has 0 radical (unpaired) electrons. The normalized spacial score (nSPS) is 26.8. The molecule has 4 nitrogen and oxygen atoms in total. The van der Waals surface area contributed by atoms with E-state index in [2.05, 4.69) is 5.10 Å². The van der Waals surface area contributed by atoms with E-state index in [9.17, 15) is 0 Å². The number of nitrogens with two attached hydrogens (primary N) is 1. The van der Waals surface area contributed by atoms with Gasteiger partial charge in [0.15, 0.2) is 0 Å². The lowest BCUT2D eigenvalue weighted by Gasteiger charge is -2.33. The summed E-state index contributed by atoms with van der Waals surface area (Å²) in [5.74, 6) is 0. The van der Waals surface area contributed by atoms with Crippen molar-refractivity contribution in [1.29, 1.82) is 0 Å². The molecule has 1 unspecified atom stereocenters. The first-order valence-electron chi connectivity index (χ1n) is 7.20. The maximum atomic E-state index is 6.34. The molecule has 0 amide bonds. The Kier molecular flexibility index (Phi) is 3.39. The highest BCUT2D eigenvalue weighted by molar-refractivity contribution is 4.98. The zero-order valence-electron chi connectivity index (χ0n) is 11.0. The molecule has 2 aliphatic rings. The van der Waals surface area contributed by atoms with Gasteiger partial charge < -0.3 is 10.5 Å². The number of aromatic nitrogens is 2. The van der Waals surface area contributed by atoms with Crippen molar-refractivity contribution in [3.63, 3.8) is 0 Å². The van der Waals surface area contributed by atoms with Gasteiger partial charge in [0.2, 0.25) is 0 Å². The van der Waals surface area contributed by atoms with Gasteiger partial charge in [0, 0.05) is 12.7 Å². The molecule has 100 valence electrons. The van der Waals surface area contributed by atoms with Gasteiger partial charge in [-0.1, -0.05) is 19.3 Å². The van der Waals surface area contributed by atoms with Crippen molar-refractivity contribution >= 4 is 0 Å². The van der Waals surface area contributed by atoms with E-state index in [1.165, 1.54) is 44.9 Å². The quantitative estimate of drug-likeness (QED) is 0.893. The van der Waals surface area contributed by atoms with E-state index in [0.717, 1.165) is 12.2 Å². The predicted molar refractivity (Wildman–Crippen MR) is 70.0 cm³/mol. The minimum absolute atomic E-state index is 0.215. The molecule has 18 heavy (non-hydrogen) atoms. The van der Waals surface area contributed by atoms with Gasteiger partial charge in [-0.15, -0.1) is 0 Å². The summed E-state index contributed by atoms with van der Waals surface area (Å²) < 4.78 is 8.33. The minimum Gasteiger partial charge on any atom is -0.370 e. The van der Waals surface area contributed by atoms with E-state index in [-0.39, 0.29) is 5.60 Å². The van der Waals surface area contributed by atoms with Crippen molar-refractivity contribution in [2.24, 2.45) is 5.73 Å². The smallest absolute Gasteiger partial charge is 0.0779 e. The zero-order chi connectivity index (χ0) is 12.4. The highest BCUT2D eigenvalue weighted by Gasteiger charge is 2.40. The number of hydrogen-bond acceptors (Lipinski definition) is 3. The van der Waals surface area contributed by atoms with Crippen LogP contribution in [0.5, 0.6) is 0 Å². The Morgan fingerprint density at radius 3 is 2.89 bits per heavy atom. The van der Waals surface area contributed by atoms with Crippen molar-refractivity contribution in [3.05, 3.63) is 18.0 Å². The summed E-state index contributed by atoms with van der Waals surface area (Å²) in [6, 6.07) is 1.99. The Hall–Kier alpha value is -0.870. The van der Waals surface area contributed by atoms with Gasteiger partial charge in [-0.05, 0) is 31.7 Å². The molecule has 1 aliphatic carbocycles. The fraction of sp³-hybridized carbons (Fsp3) is 0.786. The van der Waals surface area contributed by atoms with Crippen LogP contribution in [0.15, 0.2) is 12.3 Å². The molecular formula is C14H23N3O. The van der Waals surface area contributed by atoms with Crippen molar-refractivity contribution in [2.75, 3.05) is 0 Å². The molecule has 1 atom stereocenters. The molecular weight excluding hydrogens is 226 g/mol. The van der Waals surface area contributed by atoms with Crippen molar-refractivity contribution in [3.8, 4) is 0 Å². The fourth-order valence-electron chi connectivity index (χ4n) is 3.41. The van der Waals surface area contributed by atoms with E-state index in [4.69, 9.17) is 10.5 Å². The fourth-order valence-corrected chi connectivity index (χ4v) is 3.41. The molecule has 1 saturated carbocycles. The van der Waals surface area contributed by atoms with Gasteiger partial charge in [0.1, 0.15) is 0 Å². The predicted octanol–water partition coefficient (Wildman–Crippen LogP) is 2.22. The summed E-state index contributed by atoms with van der Waals surface area (Å²) in [4.78, 5) is 0. The lowest BCUT2D eigenvalue weighted by atomic mass is 9.83. The molecule has 1 aliphatic heterocycles. The highest BCUT2D eigenvalue weighted by Crippen LogP contribution is 2.42. The SMILES string of the molecule is NCc1ccn(CC2CCC3(CCCCC3)O2)n1. The van der Waals surface area contributed by atoms with Crippen LogP contribution in [-0.2, 0) is 17.8 Å².